The summed E-state index contributed by atoms with van der Waals surface area (Å²) < 4.78 is 12.0. The highest BCUT2D eigenvalue weighted by molar-refractivity contribution is 5.91. The van der Waals surface area contributed by atoms with Crippen LogP contribution in [-0.2, 0) is 0 Å². The Balaban J connectivity index is 2.16. The van der Waals surface area contributed by atoms with E-state index in [1.54, 1.807) is 37.7 Å². The van der Waals surface area contributed by atoms with Crippen molar-refractivity contribution < 1.29 is 14.3 Å². The molecule has 0 saturated heterocycles. The van der Waals surface area contributed by atoms with Crippen molar-refractivity contribution in [2.24, 2.45) is 0 Å². The van der Waals surface area contributed by atoms with Crippen LogP contribution in [-0.4, -0.2) is 29.3 Å². The van der Waals surface area contributed by atoms with E-state index >= 15 is 0 Å². The third kappa shape index (κ3) is 3.04. The molecule has 2 rings (SSSR count). The molecule has 6 nitrogen and oxygen atoms in total. The number of nitrogens with one attached hydrogen (secondary N) is 1. The minimum Gasteiger partial charge on any atom is -0.493 e. The zero-order chi connectivity index (χ0) is 13.7. The molecular formula is C13H15N3O3. The first-order valence-corrected chi connectivity index (χ1v) is 5.84. The van der Waals surface area contributed by atoms with E-state index in [0.717, 1.165) is 0 Å². The molecule has 1 amide bonds. The van der Waals surface area contributed by atoms with Crippen LogP contribution in [0.2, 0.25) is 0 Å². The van der Waals surface area contributed by atoms with Crippen LogP contribution in [0.4, 0.5) is 10.5 Å². The Bertz CT molecular complexity index is 552. The van der Waals surface area contributed by atoms with Crippen LogP contribution in [0, 0.1) is 0 Å². The van der Waals surface area contributed by atoms with Gasteiger partial charge in [-0.15, -0.1) is 0 Å². The van der Waals surface area contributed by atoms with Gasteiger partial charge in [0.25, 0.3) is 0 Å². The van der Waals surface area contributed by atoms with Gasteiger partial charge < -0.3 is 14.8 Å². The molecule has 0 radical (unpaired) electrons. The van der Waals surface area contributed by atoms with E-state index in [9.17, 15) is 4.79 Å². The zero-order valence-corrected chi connectivity index (χ0v) is 10.8. The summed E-state index contributed by atoms with van der Waals surface area (Å²) in [7, 11) is 1.57. The second kappa shape index (κ2) is 5.90. The maximum Gasteiger partial charge on any atom is 0.331 e. The minimum atomic E-state index is -0.287. The molecule has 0 bridgehead atoms. The molecule has 0 aliphatic rings. The summed E-state index contributed by atoms with van der Waals surface area (Å²) in [6, 6.07) is 4.92. The number of methoxy groups -OCH3 is 1. The minimum absolute atomic E-state index is 0.287. The Hall–Kier alpha value is -2.50. The Labute approximate surface area is 111 Å². The molecule has 1 aromatic carbocycles. The lowest BCUT2D eigenvalue weighted by Gasteiger charge is -2.11. The number of amides is 1. The number of ether oxygens (including phenoxy) is 2. The average Bonchev–Trinajstić information content (AvgIpc) is 2.93. The van der Waals surface area contributed by atoms with Gasteiger partial charge in [0, 0.05) is 24.1 Å². The maximum absolute atomic E-state index is 11.8. The van der Waals surface area contributed by atoms with Crippen LogP contribution in [0.5, 0.6) is 11.5 Å². The number of benzene rings is 1. The molecule has 0 spiro atoms. The fourth-order valence-corrected chi connectivity index (χ4v) is 1.59. The van der Waals surface area contributed by atoms with E-state index in [1.165, 1.54) is 10.9 Å². The first-order valence-electron chi connectivity index (χ1n) is 5.84. The highest BCUT2D eigenvalue weighted by Gasteiger charge is 2.08. The molecule has 0 atom stereocenters. The number of carbonyl (C=O) groups is 1. The number of nitrogens with zero attached hydrogens (tertiary/aromatic N) is 2. The summed E-state index contributed by atoms with van der Waals surface area (Å²) in [4.78, 5) is 15.7. The predicted molar refractivity (Wildman–Crippen MR) is 70.8 cm³/mol. The molecule has 1 N–H and O–H groups in total. The summed E-state index contributed by atoms with van der Waals surface area (Å²) in [5.74, 6) is 1.22. The van der Waals surface area contributed by atoms with E-state index in [1.807, 2.05) is 6.92 Å². The third-order valence-electron chi connectivity index (χ3n) is 2.45. The summed E-state index contributed by atoms with van der Waals surface area (Å²) in [5, 5.41) is 2.74. The van der Waals surface area contributed by atoms with Gasteiger partial charge in [0.2, 0.25) is 0 Å². The Kier molecular flexibility index (Phi) is 4.02. The molecule has 6 heteroatoms. The SMILES string of the molecule is CCOc1cc(NC(=O)n2ccnc2)ccc1OC. The zero-order valence-electron chi connectivity index (χ0n) is 10.8. The summed E-state index contributed by atoms with van der Waals surface area (Å²) in [6.07, 6.45) is 4.55. The van der Waals surface area contributed by atoms with Crippen LogP contribution in [0.3, 0.4) is 0 Å². The first kappa shape index (κ1) is 12.9. The molecular weight excluding hydrogens is 246 g/mol. The molecule has 0 aliphatic carbocycles. The van der Waals surface area contributed by atoms with Gasteiger partial charge >= 0.3 is 6.03 Å². The van der Waals surface area contributed by atoms with Gasteiger partial charge in [-0.05, 0) is 19.1 Å². The molecule has 2 aromatic rings. The van der Waals surface area contributed by atoms with Crippen molar-refractivity contribution in [2.45, 2.75) is 6.92 Å². The van der Waals surface area contributed by atoms with Crippen molar-refractivity contribution in [2.75, 3.05) is 19.0 Å². The average molecular weight is 261 g/mol. The fourth-order valence-electron chi connectivity index (χ4n) is 1.59. The molecule has 0 unspecified atom stereocenters. The molecule has 0 fully saturated rings. The molecule has 1 aromatic heterocycles. The molecule has 100 valence electrons. The summed E-state index contributed by atoms with van der Waals surface area (Å²) in [5.41, 5.74) is 0.628. The highest BCUT2D eigenvalue weighted by atomic mass is 16.5. The highest BCUT2D eigenvalue weighted by Crippen LogP contribution is 2.30. The van der Waals surface area contributed by atoms with Crippen molar-refractivity contribution in [1.29, 1.82) is 0 Å². The Morgan fingerprint density at radius 1 is 1.42 bits per heavy atom. The van der Waals surface area contributed by atoms with Gasteiger partial charge in [-0.2, -0.15) is 0 Å². The van der Waals surface area contributed by atoms with Crippen LogP contribution < -0.4 is 14.8 Å². The van der Waals surface area contributed by atoms with Gasteiger partial charge in [-0.25, -0.2) is 9.78 Å². The van der Waals surface area contributed by atoms with Crippen molar-refractivity contribution >= 4 is 11.7 Å². The number of imidazole rings is 1. The molecule has 19 heavy (non-hydrogen) atoms. The largest absolute Gasteiger partial charge is 0.493 e. The normalized spacial score (nSPS) is 10.0. The van der Waals surface area contributed by atoms with Crippen LogP contribution in [0.25, 0.3) is 0 Å². The Morgan fingerprint density at radius 2 is 2.26 bits per heavy atom. The Morgan fingerprint density at radius 3 is 2.89 bits per heavy atom. The number of carbonyl (C=O) groups excluding carboxylic acids is 1. The van der Waals surface area contributed by atoms with Crippen LogP contribution in [0.15, 0.2) is 36.9 Å². The van der Waals surface area contributed by atoms with Crippen LogP contribution >= 0.6 is 0 Å². The van der Waals surface area contributed by atoms with Gasteiger partial charge in [0.15, 0.2) is 11.5 Å². The van der Waals surface area contributed by atoms with Gasteiger partial charge in [0.1, 0.15) is 6.33 Å². The van der Waals surface area contributed by atoms with E-state index < -0.39 is 0 Å². The summed E-state index contributed by atoms with van der Waals surface area (Å²) in [6.45, 7) is 2.41. The molecule has 0 aliphatic heterocycles. The van der Waals surface area contributed by atoms with E-state index in [-0.39, 0.29) is 6.03 Å². The fraction of sp³-hybridized carbons (Fsp3) is 0.231. The van der Waals surface area contributed by atoms with Gasteiger partial charge in [0.05, 0.1) is 13.7 Å². The lowest BCUT2D eigenvalue weighted by molar-refractivity contribution is 0.253. The third-order valence-corrected chi connectivity index (χ3v) is 2.45. The first-order chi connectivity index (χ1) is 9.24. The number of aromatic nitrogens is 2. The quantitative estimate of drug-likeness (QED) is 0.917. The van der Waals surface area contributed by atoms with Crippen molar-refractivity contribution in [3.63, 3.8) is 0 Å². The summed E-state index contributed by atoms with van der Waals surface area (Å²) >= 11 is 0. The lowest BCUT2D eigenvalue weighted by atomic mass is 10.2. The van der Waals surface area contributed by atoms with Crippen molar-refractivity contribution in [1.82, 2.24) is 9.55 Å². The predicted octanol–water partition coefficient (Wildman–Crippen LogP) is 2.37. The number of rotatable bonds is 4. The molecule has 0 saturated carbocycles. The van der Waals surface area contributed by atoms with Gasteiger partial charge in [-0.1, -0.05) is 0 Å². The smallest absolute Gasteiger partial charge is 0.331 e. The molecule has 1 heterocycles. The maximum atomic E-state index is 11.8. The van der Waals surface area contributed by atoms with E-state index in [2.05, 4.69) is 10.3 Å². The van der Waals surface area contributed by atoms with E-state index in [4.69, 9.17) is 9.47 Å². The second-order valence-electron chi connectivity index (χ2n) is 3.70. The van der Waals surface area contributed by atoms with E-state index in [0.29, 0.717) is 23.8 Å². The second-order valence-corrected chi connectivity index (χ2v) is 3.70. The standard InChI is InChI=1S/C13H15N3O3/c1-3-19-12-8-10(4-5-11(12)18-2)15-13(17)16-7-6-14-9-16/h4-9H,3H2,1-2H3,(H,15,17). The number of anilines is 1. The number of hydrogen-bond acceptors (Lipinski definition) is 4. The van der Waals surface area contributed by atoms with Crippen LogP contribution in [0.1, 0.15) is 6.92 Å². The van der Waals surface area contributed by atoms with Crippen molar-refractivity contribution in [3.05, 3.63) is 36.9 Å². The lowest BCUT2D eigenvalue weighted by Crippen LogP contribution is -2.17. The number of hydrogen-bond donors (Lipinski definition) is 1. The monoisotopic (exact) mass is 261 g/mol. The van der Waals surface area contributed by atoms with Crippen molar-refractivity contribution in [3.8, 4) is 11.5 Å². The topological polar surface area (TPSA) is 65.4 Å². The van der Waals surface area contributed by atoms with Gasteiger partial charge in [-0.3, -0.25) is 4.57 Å².